The molecule has 0 aromatic heterocycles. The molecule has 0 amide bonds. The maximum Gasteiger partial charge on any atom is 0.330 e. The third-order valence-corrected chi connectivity index (χ3v) is 3.22. The molecule has 2 aliphatic carbocycles. The van der Waals surface area contributed by atoms with E-state index in [4.69, 9.17) is 4.74 Å². The van der Waals surface area contributed by atoms with E-state index in [-0.39, 0.29) is 5.97 Å². The van der Waals surface area contributed by atoms with Crippen LogP contribution in [0.4, 0.5) is 0 Å². The van der Waals surface area contributed by atoms with Crippen molar-refractivity contribution in [3.8, 4) is 0 Å². The van der Waals surface area contributed by atoms with Crippen LogP contribution >= 0.6 is 0 Å². The van der Waals surface area contributed by atoms with Crippen molar-refractivity contribution in [2.24, 2.45) is 11.8 Å². The summed E-state index contributed by atoms with van der Waals surface area (Å²) in [4.78, 5) is 11.1. The Kier molecular flexibility index (Phi) is 2.38. The molecule has 2 atom stereocenters. The highest BCUT2D eigenvalue weighted by Crippen LogP contribution is 2.50. The summed E-state index contributed by atoms with van der Waals surface area (Å²) >= 11 is 0. The first-order chi connectivity index (χ1) is 6.31. The maximum absolute atomic E-state index is 11.1. The lowest BCUT2D eigenvalue weighted by Gasteiger charge is -2.33. The first-order valence-corrected chi connectivity index (χ1v) is 5.18. The average Bonchev–Trinajstić information content (AvgIpc) is 2.43. The fourth-order valence-electron chi connectivity index (χ4n) is 2.56. The third kappa shape index (κ3) is 1.62. The quantitative estimate of drug-likeness (QED) is 0.481. The number of esters is 1. The monoisotopic (exact) mass is 180 g/mol. The number of ether oxygens (including phenoxy) is 1. The Labute approximate surface area is 79.0 Å². The molecule has 0 saturated heterocycles. The Morgan fingerprint density at radius 1 is 1.62 bits per heavy atom. The second-order valence-corrected chi connectivity index (χ2v) is 3.97. The highest BCUT2D eigenvalue weighted by molar-refractivity contribution is 5.83. The Morgan fingerprint density at radius 2 is 2.46 bits per heavy atom. The molecule has 0 aromatic rings. The summed E-state index contributed by atoms with van der Waals surface area (Å²) in [6.07, 6.45) is 6.86. The van der Waals surface area contributed by atoms with Crippen molar-refractivity contribution in [1.82, 2.24) is 0 Å². The van der Waals surface area contributed by atoms with Gasteiger partial charge in [-0.15, -0.1) is 0 Å². The van der Waals surface area contributed by atoms with Crippen LogP contribution in [0, 0.1) is 11.8 Å². The molecule has 0 N–H and O–H groups in total. The van der Waals surface area contributed by atoms with Gasteiger partial charge >= 0.3 is 5.97 Å². The normalized spacial score (nSPS) is 34.1. The SMILES string of the molecule is CCOC(=O)/C=C1/C[C@H]2CCC[C@@H]12. The predicted octanol–water partition coefficient (Wildman–Crippen LogP) is 2.30. The highest BCUT2D eigenvalue weighted by atomic mass is 16.5. The number of hydrogen-bond acceptors (Lipinski definition) is 2. The molecule has 2 heteroatoms. The Morgan fingerprint density at radius 3 is 3.15 bits per heavy atom. The number of hydrogen-bond donors (Lipinski definition) is 0. The van der Waals surface area contributed by atoms with E-state index in [0.717, 1.165) is 18.3 Å². The van der Waals surface area contributed by atoms with Crippen molar-refractivity contribution in [2.75, 3.05) is 6.61 Å². The van der Waals surface area contributed by atoms with Gasteiger partial charge in [-0.2, -0.15) is 0 Å². The molecule has 0 radical (unpaired) electrons. The van der Waals surface area contributed by atoms with E-state index in [2.05, 4.69) is 0 Å². The zero-order valence-electron chi connectivity index (χ0n) is 8.08. The zero-order valence-corrected chi connectivity index (χ0v) is 8.08. The third-order valence-electron chi connectivity index (χ3n) is 3.22. The zero-order chi connectivity index (χ0) is 9.26. The van der Waals surface area contributed by atoms with Gasteiger partial charge in [-0.25, -0.2) is 4.79 Å². The topological polar surface area (TPSA) is 26.3 Å². The van der Waals surface area contributed by atoms with Crippen LogP contribution in [-0.4, -0.2) is 12.6 Å². The van der Waals surface area contributed by atoms with Crippen LogP contribution in [0.2, 0.25) is 0 Å². The molecule has 0 heterocycles. The van der Waals surface area contributed by atoms with Crippen LogP contribution in [0.5, 0.6) is 0 Å². The fraction of sp³-hybridized carbons (Fsp3) is 0.727. The van der Waals surface area contributed by atoms with Gasteiger partial charge < -0.3 is 4.74 Å². The van der Waals surface area contributed by atoms with Crippen molar-refractivity contribution < 1.29 is 9.53 Å². The van der Waals surface area contributed by atoms with Crippen LogP contribution in [-0.2, 0) is 9.53 Å². The van der Waals surface area contributed by atoms with Gasteiger partial charge in [0.2, 0.25) is 0 Å². The smallest absolute Gasteiger partial charge is 0.330 e. The standard InChI is InChI=1S/C11H16O2/c1-2-13-11(12)7-9-6-8-4-3-5-10(8)9/h7-8,10H,2-6H2,1H3/b9-7-/t8-,10-/m1/s1. The van der Waals surface area contributed by atoms with Gasteiger partial charge in [0.05, 0.1) is 6.61 Å². The van der Waals surface area contributed by atoms with E-state index in [0.29, 0.717) is 6.61 Å². The molecule has 2 fully saturated rings. The molecular formula is C11H16O2. The van der Waals surface area contributed by atoms with Crippen molar-refractivity contribution >= 4 is 5.97 Å². The fourth-order valence-corrected chi connectivity index (χ4v) is 2.56. The predicted molar refractivity (Wildman–Crippen MR) is 50.2 cm³/mol. The molecule has 0 spiro atoms. The molecule has 0 unspecified atom stereocenters. The molecule has 0 aromatic carbocycles. The largest absolute Gasteiger partial charge is 0.463 e. The minimum absolute atomic E-state index is 0.150. The van der Waals surface area contributed by atoms with E-state index in [1.807, 2.05) is 6.92 Å². The summed E-state index contributed by atoms with van der Waals surface area (Å²) in [5.74, 6) is 1.47. The summed E-state index contributed by atoms with van der Waals surface area (Å²) in [5.41, 5.74) is 1.33. The Bertz CT molecular complexity index is 242. The maximum atomic E-state index is 11.1. The van der Waals surface area contributed by atoms with Gasteiger partial charge in [0, 0.05) is 6.08 Å². The summed E-state index contributed by atoms with van der Waals surface area (Å²) < 4.78 is 4.88. The van der Waals surface area contributed by atoms with E-state index in [1.165, 1.54) is 24.8 Å². The first-order valence-electron chi connectivity index (χ1n) is 5.18. The number of carbonyl (C=O) groups excluding carboxylic acids is 1. The minimum atomic E-state index is -0.150. The first kappa shape index (κ1) is 8.79. The van der Waals surface area contributed by atoms with Crippen molar-refractivity contribution in [3.63, 3.8) is 0 Å². The summed E-state index contributed by atoms with van der Waals surface area (Å²) in [6.45, 7) is 2.33. The molecule has 2 aliphatic rings. The summed E-state index contributed by atoms with van der Waals surface area (Å²) in [5, 5.41) is 0. The molecule has 72 valence electrons. The molecule has 2 rings (SSSR count). The number of fused-ring (bicyclic) bond motifs is 1. The van der Waals surface area contributed by atoms with Crippen LogP contribution in [0.15, 0.2) is 11.6 Å². The minimum Gasteiger partial charge on any atom is -0.463 e. The van der Waals surface area contributed by atoms with Gasteiger partial charge in [0.25, 0.3) is 0 Å². The molecule has 2 saturated carbocycles. The van der Waals surface area contributed by atoms with Crippen LogP contribution < -0.4 is 0 Å². The summed E-state index contributed by atoms with van der Waals surface area (Å²) in [7, 11) is 0. The Hall–Kier alpha value is -0.790. The molecule has 0 bridgehead atoms. The Balaban J connectivity index is 1.91. The lowest BCUT2D eigenvalue weighted by molar-refractivity contribution is -0.137. The highest BCUT2D eigenvalue weighted by Gasteiger charge is 2.39. The van der Waals surface area contributed by atoms with Gasteiger partial charge in [0.1, 0.15) is 0 Å². The lowest BCUT2D eigenvalue weighted by Crippen LogP contribution is -2.24. The van der Waals surface area contributed by atoms with Crippen molar-refractivity contribution in [1.29, 1.82) is 0 Å². The average molecular weight is 180 g/mol. The van der Waals surface area contributed by atoms with Crippen LogP contribution in [0.1, 0.15) is 32.6 Å². The second-order valence-electron chi connectivity index (χ2n) is 3.97. The van der Waals surface area contributed by atoms with E-state index in [9.17, 15) is 4.79 Å². The van der Waals surface area contributed by atoms with Crippen molar-refractivity contribution in [2.45, 2.75) is 32.6 Å². The summed E-state index contributed by atoms with van der Waals surface area (Å²) in [6, 6.07) is 0. The lowest BCUT2D eigenvalue weighted by atomic mass is 9.71. The van der Waals surface area contributed by atoms with E-state index >= 15 is 0 Å². The number of carbonyl (C=O) groups is 1. The van der Waals surface area contributed by atoms with Crippen LogP contribution in [0.3, 0.4) is 0 Å². The molecule has 2 nitrogen and oxygen atoms in total. The van der Waals surface area contributed by atoms with Crippen LogP contribution in [0.25, 0.3) is 0 Å². The molecular weight excluding hydrogens is 164 g/mol. The van der Waals surface area contributed by atoms with Gasteiger partial charge in [0.15, 0.2) is 0 Å². The van der Waals surface area contributed by atoms with Gasteiger partial charge in [-0.3, -0.25) is 0 Å². The second kappa shape index (κ2) is 3.52. The molecule has 13 heavy (non-hydrogen) atoms. The number of rotatable bonds is 2. The van der Waals surface area contributed by atoms with E-state index < -0.39 is 0 Å². The van der Waals surface area contributed by atoms with Gasteiger partial charge in [-0.1, -0.05) is 12.0 Å². The van der Waals surface area contributed by atoms with Crippen molar-refractivity contribution in [3.05, 3.63) is 11.6 Å². The number of allylic oxidation sites excluding steroid dienone is 1. The van der Waals surface area contributed by atoms with E-state index in [1.54, 1.807) is 6.08 Å². The molecule has 0 aliphatic heterocycles. The van der Waals surface area contributed by atoms with Gasteiger partial charge in [-0.05, 0) is 38.0 Å².